The third kappa shape index (κ3) is 4.73. The summed E-state index contributed by atoms with van der Waals surface area (Å²) in [6.45, 7) is 14.0. The Bertz CT molecular complexity index is 617. The van der Waals surface area contributed by atoms with Crippen LogP contribution in [0.2, 0.25) is 0 Å². The van der Waals surface area contributed by atoms with Crippen LogP contribution >= 0.6 is 0 Å². The molecule has 24 heavy (non-hydrogen) atoms. The number of nitrogens with zero attached hydrogens (tertiary/aromatic N) is 3. The third-order valence-corrected chi connectivity index (χ3v) is 4.63. The van der Waals surface area contributed by atoms with Crippen molar-refractivity contribution in [3.63, 3.8) is 0 Å². The Labute approximate surface area is 146 Å². The van der Waals surface area contributed by atoms with Gasteiger partial charge in [0.1, 0.15) is 11.6 Å². The van der Waals surface area contributed by atoms with Crippen molar-refractivity contribution in [2.75, 3.05) is 26.2 Å². The molecule has 0 aliphatic rings. The summed E-state index contributed by atoms with van der Waals surface area (Å²) in [5.41, 5.74) is 2.29. The van der Waals surface area contributed by atoms with Gasteiger partial charge in [0.25, 0.3) is 0 Å². The van der Waals surface area contributed by atoms with Gasteiger partial charge in [0.05, 0.1) is 17.6 Å². The first-order valence-corrected chi connectivity index (χ1v) is 9.57. The zero-order valence-electron chi connectivity index (χ0n) is 15.8. The number of benzene rings is 1. The topological polar surface area (TPSA) is 30.3 Å². The Morgan fingerprint density at radius 1 is 1.08 bits per heavy atom. The predicted molar refractivity (Wildman–Crippen MR) is 102 cm³/mol. The van der Waals surface area contributed by atoms with Gasteiger partial charge < -0.3 is 14.2 Å². The van der Waals surface area contributed by atoms with Crippen LogP contribution in [-0.2, 0) is 13.0 Å². The largest absolute Gasteiger partial charge is 0.493 e. The monoisotopic (exact) mass is 331 g/mol. The van der Waals surface area contributed by atoms with E-state index in [2.05, 4.69) is 55.4 Å². The molecule has 1 heterocycles. The van der Waals surface area contributed by atoms with Gasteiger partial charge >= 0.3 is 0 Å². The molecule has 4 heteroatoms. The van der Waals surface area contributed by atoms with Crippen LogP contribution in [0, 0.1) is 0 Å². The summed E-state index contributed by atoms with van der Waals surface area (Å²) >= 11 is 0. The quantitative estimate of drug-likeness (QED) is 0.568. The molecule has 134 valence electrons. The number of ether oxygens (including phenoxy) is 1. The molecule has 2 aromatic rings. The van der Waals surface area contributed by atoms with Gasteiger partial charge in [-0.3, -0.25) is 0 Å². The van der Waals surface area contributed by atoms with E-state index in [1.807, 2.05) is 0 Å². The first kappa shape index (κ1) is 18.8. The molecule has 0 fully saturated rings. The van der Waals surface area contributed by atoms with E-state index in [1.165, 1.54) is 24.2 Å². The summed E-state index contributed by atoms with van der Waals surface area (Å²) in [5.74, 6) is 2.14. The average Bonchev–Trinajstić information content (AvgIpc) is 2.97. The third-order valence-electron chi connectivity index (χ3n) is 4.63. The van der Waals surface area contributed by atoms with Crippen LogP contribution in [-0.4, -0.2) is 40.7 Å². The minimum absolute atomic E-state index is 0.770. The molecule has 0 bridgehead atoms. The van der Waals surface area contributed by atoms with Crippen LogP contribution < -0.4 is 4.74 Å². The molecule has 0 spiro atoms. The van der Waals surface area contributed by atoms with Crippen LogP contribution in [0.3, 0.4) is 0 Å². The fourth-order valence-corrected chi connectivity index (χ4v) is 3.10. The van der Waals surface area contributed by atoms with Crippen molar-refractivity contribution in [3.05, 3.63) is 24.0 Å². The normalized spacial score (nSPS) is 11.5. The van der Waals surface area contributed by atoms with E-state index in [0.717, 1.165) is 56.9 Å². The molecule has 1 aromatic heterocycles. The Morgan fingerprint density at radius 2 is 1.88 bits per heavy atom. The molecule has 0 saturated heterocycles. The molecule has 0 aliphatic carbocycles. The standard InChI is InChI=1S/C20H33N3O/c1-5-9-14-23-19-16-17(11-12-18(19)21-20(23)6-2)24-15-10-13-22(7-3)8-4/h11-12,16H,5-10,13-15H2,1-4H3. The van der Waals surface area contributed by atoms with Gasteiger partial charge in [0.15, 0.2) is 0 Å². The van der Waals surface area contributed by atoms with Gasteiger partial charge in [-0.25, -0.2) is 4.98 Å². The summed E-state index contributed by atoms with van der Waals surface area (Å²) in [6, 6.07) is 6.31. The minimum Gasteiger partial charge on any atom is -0.493 e. The highest BCUT2D eigenvalue weighted by Crippen LogP contribution is 2.23. The summed E-state index contributed by atoms with van der Waals surface area (Å²) in [4.78, 5) is 7.20. The average molecular weight is 332 g/mol. The van der Waals surface area contributed by atoms with Gasteiger partial charge in [-0.15, -0.1) is 0 Å². The van der Waals surface area contributed by atoms with E-state index in [4.69, 9.17) is 9.72 Å². The van der Waals surface area contributed by atoms with Gasteiger partial charge in [-0.05, 0) is 38.1 Å². The second-order valence-electron chi connectivity index (χ2n) is 6.27. The van der Waals surface area contributed by atoms with E-state index >= 15 is 0 Å². The zero-order chi connectivity index (χ0) is 17.4. The second-order valence-corrected chi connectivity index (χ2v) is 6.27. The van der Waals surface area contributed by atoms with Gasteiger partial charge in [0, 0.05) is 25.6 Å². The lowest BCUT2D eigenvalue weighted by atomic mass is 10.2. The lowest BCUT2D eigenvalue weighted by Crippen LogP contribution is -2.25. The Balaban J connectivity index is 2.03. The van der Waals surface area contributed by atoms with Crippen molar-refractivity contribution >= 4 is 11.0 Å². The number of aromatic nitrogens is 2. The highest BCUT2D eigenvalue weighted by atomic mass is 16.5. The molecule has 0 amide bonds. The highest BCUT2D eigenvalue weighted by Gasteiger charge is 2.10. The zero-order valence-corrected chi connectivity index (χ0v) is 15.8. The van der Waals surface area contributed by atoms with E-state index in [0.29, 0.717) is 0 Å². The fraction of sp³-hybridized carbons (Fsp3) is 0.650. The molecule has 1 aromatic carbocycles. The molecule has 0 saturated carbocycles. The van der Waals surface area contributed by atoms with E-state index in [1.54, 1.807) is 0 Å². The number of hydrogen-bond donors (Lipinski definition) is 0. The van der Waals surface area contributed by atoms with Crippen LogP contribution in [0.5, 0.6) is 5.75 Å². The van der Waals surface area contributed by atoms with E-state index in [9.17, 15) is 0 Å². The molecule has 0 aliphatic heterocycles. The smallest absolute Gasteiger partial charge is 0.121 e. The number of unbranched alkanes of at least 4 members (excludes halogenated alkanes) is 1. The fourth-order valence-electron chi connectivity index (χ4n) is 3.10. The van der Waals surface area contributed by atoms with Crippen LogP contribution in [0.4, 0.5) is 0 Å². The van der Waals surface area contributed by atoms with Crippen molar-refractivity contribution in [2.45, 2.75) is 59.9 Å². The Morgan fingerprint density at radius 3 is 2.54 bits per heavy atom. The summed E-state index contributed by atoms with van der Waals surface area (Å²) < 4.78 is 8.35. The maximum absolute atomic E-state index is 5.99. The maximum atomic E-state index is 5.99. The van der Waals surface area contributed by atoms with Crippen molar-refractivity contribution < 1.29 is 4.74 Å². The van der Waals surface area contributed by atoms with E-state index < -0.39 is 0 Å². The lowest BCUT2D eigenvalue weighted by molar-refractivity contribution is 0.249. The van der Waals surface area contributed by atoms with Gasteiger partial charge in [-0.1, -0.05) is 34.1 Å². The number of imidazole rings is 1. The molecular formula is C20H33N3O. The van der Waals surface area contributed by atoms with Gasteiger partial charge in [0.2, 0.25) is 0 Å². The second kappa shape index (κ2) is 9.67. The lowest BCUT2D eigenvalue weighted by Gasteiger charge is -2.17. The van der Waals surface area contributed by atoms with Crippen molar-refractivity contribution in [2.24, 2.45) is 0 Å². The summed E-state index contributed by atoms with van der Waals surface area (Å²) in [5, 5.41) is 0. The Kier molecular flexibility index (Phi) is 7.57. The predicted octanol–water partition coefficient (Wildman–Crippen LogP) is 4.51. The number of rotatable bonds is 11. The van der Waals surface area contributed by atoms with Crippen molar-refractivity contribution in [1.29, 1.82) is 0 Å². The number of hydrogen-bond acceptors (Lipinski definition) is 3. The van der Waals surface area contributed by atoms with E-state index in [-0.39, 0.29) is 0 Å². The molecular weight excluding hydrogens is 298 g/mol. The van der Waals surface area contributed by atoms with Crippen molar-refractivity contribution in [1.82, 2.24) is 14.5 Å². The van der Waals surface area contributed by atoms with Crippen molar-refractivity contribution in [3.8, 4) is 5.75 Å². The molecule has 0 atom stereocenters. The molecule has 0 radical (unpaired) electrons. The molecule has 0 unspecified atom stereocenters. The highest BCUT2D eigenvalue weighted by molar-refractivity contribution is 5.77. The molecule has 4 nitrogen and oxygen atoms in total. The summed E-state index contributed by atoms with van der Waals surface area (Å²) in [7, 11) is 0. The maximum Gasteiger partial charge on any atom is 0.121 e. The number of aryl methyl sites for hydroxylation is 2. The number of fused-ring (bicyclic) bond motifs is 1. The Hall–Kier alpha value is -1.55. The van der Waals surface area contributed by atoms with Gasteiger partial charge in [-0.2, -0.15) is 0 Å². The summed E-state index contributed by atoms with van der Waals surface area (Å²) in [6.07, 6.45) is 4.42. The first-order valence-electron chi connectivity index (χ1n) is 9.57. The first-order chi connectivity index (χ1) is 11.7. The molecule has 0 N–H and O–H groups in total. The SMILES string of the molecule is CCCCn1c(CC)nc2ccc(OCCCN(CC)CC)cc21. The van der Waals surface area contributed by atoms with Crippen LogP contribution in [0.1, 0.15) is 52.8 Å². The molecule has 2 rings (SSSR count). The van der Waals surface area contributed by atoms with Crippen LogP contribution in [0.25, 0.3) is 11.0 Å². The minimum atomic E-state index is 0.770. The van der Waals surface area contributed by atoms with Crippen LogP contribution in [0.15, 0.2) is 18.2 Å².